The number of para-hydroxylation sites is 1. The van der Waals surface area contributed by atoms with E-state index in [1.54, 1.807) is 0 Å². The zero-order valence-electron chi connectivity index (χ0n) is 13.8. The van der Waals surface area contributed by atoms with Crippen molar-refractivity contribution >= 4 is 28.3 Å². The van der Waals surface area contributed by atoms with E-state index in [4.69, 9.17) is 0 Å². The molecule has 1 amide bonds. The van der Waals surface area contributed by atoms with Crippen LogP contribution in [-0.4, -0.2) is 59.4 Å². The maximum absolute atomic E-state index is 12.7. The molecule has 0 bridgehead atoms. The van der Waals surface area contributed by atoms with Crippen LogP contribution in [0.15, 0.2) is 24.3 Å². The summed E-state index contributed by atoms with van der Waals surface area (Å²) in [6.07, 6.45) is 0.964. The van der Waals surface area contributed by atoms with E-state index in [0.717, 1.165) is 55.8 Å². The van der Waals surface area contributed by atoms with Gasteiger partial charge >= 0.3 is 0 Å². The minimum absolute atomic E-state index is 0.208. The Kier molecular flexibility index (Phi) is 4.20. The maximum atomic E-state index is 12.7. The predicted molar refractivity (Wildman–Crippen MR) is 95.8 cm³/mol. The molecule has 0 unspecified atom stereocenters. The maximum Gasteiger partial charge on any atom is 0.241 e. The average Bonchev–Trinajstić information content (AvgIpc) is 3.22. The predicted octanol–water partition coefficient (Wildman–Crippen LogP) is 1.56. The van der Waals surface area contributed by atoms with E-state index in [9.17, 15) is 4.79 Å². The Morgan fingerprint density at radius 3 is 2.71 bits per heavy atom. The average molecular weight is 343 g/mol. The highest BCUT2D eigenvalue weighted by atomic mass is 32.1. The number of hydrogen-bond acceptors (Lipinski definition) is 6. The Hall–Kier alpha value is -1.99. The summed E-state index contributed by atoms with van der Waals surface area (Å²) < 4.78 is 4.25. The normalized spacial score (nSPS) is 18.0. The van der Waals surface area contributed by atoms with Crippen molar-refractivity contribution in [2.75, 3.05) is 49.1 Å². The zero-order valence-corrected chi connectivity index (χ0v) is 14.6. The van der Waals surface area contributed by atoms with E-state index < -0.39 is 0 Å². The molecule has 1 saturated heterocycles. The third-order valence-electron chi connectivity index (χ3n) is 4.71. The molecule has 4 rings (SSSR count). The van der Waals surface area contributed by atoms with Crippen LogP contribution < -0.4 is 9.80 Å². The fourth-order valence-corrected chi connectivity index (χ4v) is 4.11. The van der Waals surface area contributed by atoms with Gasteiger partial charge in [0.15, 0.2) is 0 Å². The van der Waals surface area contributed by atoms with Crippen LogP contribution in [0.25, 0.3) is 0 Å². The van der Waals surface area contributed by atoms with Gasteiger partial charge in [-0.2, -0.15) is 4.37 Å². The van der Waals surface area contributed by atoms with Gasteiger partial charge in [-0.3, -0.25) is 9.69 Å². The molecule has 2 aromatic rings. The largest absolute Gasteiger partial charge is 0.344 e. The van der Waals surface area contributed by atoms with Crippen LogP contribution in [-0.2, 0) is 11.2 Å². The molecule has 2 aliphatic rings. The van der Waals surface area contributed by atoms with E-state index in [-0.39, 0.29) is 5.91 Å². The zero-order chi connectivity index (χ0) is 16.5. The Morgan fingerprint density at radius 1 is 1.17 bits per heavy atom. The third kappa shape index (κ3) is 3.01. The molecule has 1 aromatic carbocycles. The fraction of sp³-hybridized carbons (Fsp3) is 0.471. The van der Waals surface area contributed by atoms with E-state index in [1.807, 2.05) is 24.0 Å². The Labute approximate surface area is 145 Å². The number of piperazine rings is 1. The number of aromatic nitrogens is 2. The number of rotatable bonds is 3. The molecule has 126 valence electrons. The van der Waals surface area contributed by atoms with Gasteiger partial charge in [-0.25, -0.2) is 4.98 Å². The molecule has 6 nitrogen and oxygen atoms in total. The fourth-order valence-electron chi connectivity index (χ4n) is 3.39. The number of fused-ring (bicyclic) bond motifs is 1. The molecule has 0 radical (unpaired) electrons. The first-order chi connectivity index (χ1) is 11.7. The summed E-state index contributed by atoms with van der Waals surface area (Å²) >= 11 is 1.46. The molecule has 1 fully saturated rings. The molecular formula is C17H21N5OS. The lowest BCUT2D eigenvalue weighted by Crippen LogP contribution is -2.50. The highest BCUT2D eigenvalue weighted by Crippen LogP contribution is 2.27. The number of aryl methyl sites for hydroxylation is 1. The molecule has 0 atom stereocenters. The van der Waals surface area contributed by atoms with Gasteiger partial charge in [0.1, 0.15) is 5.82 Å². The molecule has 24 heavy (non-hydrogen) atoms. The van der Waals surface area contributed by atoms with Gasteiger partial charge in [0.05, 0.1) is 6.54 Å². The first-order valence-electron chi connectivity index (χ1n) is 8.36. The van der Waals surface area contributed by atoms with E-state index in [1.165, 1.54) is 17.1 Å². The van der Waals surface area contributed by atoms with E-state index in [2.05, 4.69) is 31.3 Å². The summed E-state index contributed by atoms with van der Waals surface area (Å²) in [5.41, 5.74) is 2.37. The van der Waals surface area contributed by atoms with Crippen molar-refractivity contribution in [1.82, 2.24) is 14.3 Å². The van der Waals surface area contributed by atoms with Crippen LogP contribution in [0.2, 0.25) is 0 Å². The Bertz CT molecular complexity index is 738. The number of anilines is 2. The molecule has 3 heterocycles. The lowest BCUT2D eigenvalue weighted by molar-refractivity contribution is -0.119. The van der Waals surface area contributed by atoms with Crippen LogP contribution in [0.1, 0.15) is 11.4 Å². The standard InChI is InChI=1S/C17H21N5OS/c1-13-18-17(24-19-13)21-10-8-20(9-11-21)12-16(23)22-7-6-14-4-2-3-5-15(14)22/h2-5H,6-12H2,1H3. The lowest BCUT2D eigenvalue weighted by atomic mass is 10.2. The van der Waals surface area contributed by atoms with Crippen molar-refractivity contribution in [3.63, 3.8) is 0 Å². The van der Waals surface area contributed by atoms with Crippen molar-refractivity contribution in [3.8, 4) is 0 Å². The molecule has 0 aliphatic carbocycles. The molecule has 0 saturated carbocycles. The van der Waals surface area contributed by atoms with Gasteiger partial charge in [-0.05, 0) is 25.0 Å². The monoisotopic (exact) mass is 343 g/mol. The van der Waals surface area contributed by atoms with E-state index in [0.29, 0.717) is 6.54 Å². The van der Waals surface area contributed by atoms with Gasteiger partial charge in [0.2, 0.25) is 11.0 Å². The number of benzene rings is 1. The first-order valence-corrected chi connectivity index (χ1v) is 9.14. The summed E-state index contributed by atoms with van der Waals surface area (Å²) in [6.45, 7) is 6.80. The molecular weight excluding hydrogens is 322 g/mol. The summed E-state index contributed by atoms with van der Waals surface area (Å²) in [7, 11) is 0. The second kappa shape index (κ2) is 6.49. The second-order valence-corrected chi connectivity index (χ2v) is 7.04. The van der Waals surface area contributed by atoms with Gasteiger partial charge in [-0.1, -0.05) is 18.2 Å². The minimum Gasteiger partial charge on any atom is -0.344 e. The van der Waals surface area contributed by atoms with Crippen LogP contribution in [0, 0.1) is 6.92 Å². The Morgan fingerprint density at radius 2 is 1.96 bits per heavy atom. The summed E-state index contributed by atoms with van der Waals surface area (Å²) in [6, 6.07) is 8.22. The van der Waals surface area contributed by atoms with Crippen LogP contribution in [0.3, 0.4) is 0 Å². The molecule has 1 aromatic heterocycles. The van der Waals surface area contributed by atoms with Crippen molar-refractivity contribution in [3.05, 3.63) is 35.7 Å². The number of carbonyl (C=O) groups is 1. The number of carbonyl (C=O) groups excluding carboxylic acids is 1. The van der Waals surface area contributed by atoms with Gasteiger partial charge in [0.25, 0.3) is 0 Å². The highest BCUT2D eigenvalue weighted by Gasteiger charge is 2.27. The highest BCUT2D eigenvalue weighted by molar-refractivity contribution is 7.09. The number of amides is 1. The van der Waals surface area contributed by atoms with Crippen LogP contribution in [0.5, 0.6) is 0 Å². The van der Waals surface area contributed by atoms with E-state index >= 15 is 0 Å². The summed E-state index contributed by atoms with van der Waals surface area (Å²) in [4.78, 5) is 23.6. The lowest BCUT2D eigenvalue weighted by Gasteiger charge is -2.34. The minimum atomic E-state index is 0.208. The SMILES string of the molecule is Cc1nsc(N2CCN(CC(=O)N3CCc4ccccc43)CC2)n1. The van der Waals surface area contributed by atoms with Crippen LogP contribution in [0.4, 0.5) is 10.8 Å². The number of nitrogens with zero attached hydrogens (tertiary/aromatic N) is 5. The topological polar surface area (TPSA) is 52.6 Å². The first kappa shape index (κ1) is 15.5. The second-order valence-electron chi connectivity index (χ2n) is 6.31. The molecule has 2 aliphatic heterocycles. The quantitative estimate of drug-likeness (QED) is 0.846. The summed E-state index contributed by atoms with van der Waals surface area (Å²) in [5.74, 6) is 1.04. The third-order valence-corrected chi connectivity index (χ3v) is 5.58. The molecule has 7 heteroatoms. The molecule has 0 spiro atoms. The number of hydrogen-bond donors (Lipinski definition) is 0. The van der Waals surface area contributed by atoms with Gasteiger partial charge in [-0.15, -0.1) is 0 Å². The summed E-state index contributed by atoms with van der Waals surface area (Å²) in [5, 5.41) is 0.993. The molecule has 0 N–H and O–H groups in total. The van der Waals surface area contributed by atoms with Gasteiger partial charge in [0, 0.05) is 49.9 Å². The van der Waals surface area contributed by atoms with Gasteiger partial charge < -0.3 is 9.80 Å². The van der Waals surface area contributed by atoms with Crippen molar-refractivity contribution in [2.24, 2.45) is 0 Å². The smallest absolute Gasteiger partial charge is 0.241 e. The van der Waals surface area contributed by atoms with Crippen molar-refractivity contribution in [1.29, 1.82) is 0 Å². The van der Waals surface area contributed by atoms with Crippen molar-refractivity contribution in [2.45, 2.75) is 13.3 Å². The van der Waals surface area contributed by atoms with Crippen LogP contribution >= 0.6 is 11.5 Å². The Balaban J connectivity index is 1.33. The van der Waals surface area contributed by atoms with Crippen molar-refractivity contribution < 1.29 is 4.79 Å².